The fourth-order valence-electron chi connectivity index (χ4n) is 1.32. The van der Waals surface area contributed by atoms with Crippen molar-refractivity contribution in [2.24, 2.45) is 0 Å². The van der Waals surface area contributed by atoms with Crippen LogP contribution in [0.25, 0.3) is 0 Å². The first kappa shape index (κ1) is 11.3. The maximum atomic E-state index is 5.80. The van der Waals surface area contributed by atoms with Crippen molar-refractivity contribution in [3.8, 4) is 0 Å². The molecule has 0 aliphatic rings. The van der Waals surface area contributed by atoms with Gasteiger partial charge < -0.3 is 16.4 Å². The summed E-state index contributed by atoms with van der Waals surface area (Å²) in [5, 5.41) is 6.45. The number of anilines is 3. The van der Waals surface area contributed by atoms with Crippen LogP contribution in [0.3, 0.4) is 0 Å². The Kier molecular flexibility index (Phi) is 3.52. The Morgan fingerprint density at radius 2 is 1.82 bits per heavy atom. The van der Waals surface area contributed by atoms with Crippen molar-refractivity contribution in [2.75, 3.05) is 16.4 Å². The molecule has 0 aliphatic carbocycles. The first-order valence-corrected chi connectivity index (χ1v) is 5.50. The summed E-state index contributed by atoms with van der Waals surface area (Å²) in [7, 11) is 0. The molecule has 4 N–H and O–H groups in total. The number of nitrogens with two attached hydrogens (primary N) is 1. The van der Waals surface area contributed by atoms with Crippen molar-refractivity contribution < 1.29 is 0 Å². The molecule has 0 unspecified atom stereocenters. The van der Waals surface area contributed by atoms with Gasteiger partial charge in [-0.05, 0) is 36.5 Å². The van der Waals surface area contributed by atoms with Crippen LogP contribution in [-0.2, 0) is 0 Å². The molecule has 0 aliphatic heterocycles. The van der Waals surface area contributed by atoms with E-state index in [0.29, 0.717) is 16.6 Å². The van der Waals surface area contributed by atoms with Crippen molar-refractivity contribution >= 4 is 34.5 Å². The predicted molar refractivity (Wildman–Crippen MR) is 74.9 cm³/mol. The topological polar surface area (TPSA) is 63.0 Å². The first-order chi connectivity index (χ1) is 8.25. The summed E-state index contributed by atoms with van der Waals surface area (Å²) in [6.07, 6.45) is 1.70. The standard InChI is InChI=1S/C12H12N4S/c13-9-5-1-2-6-10(9)15-12(17)16-11-7-3-4-8-14-11/h1-8H,13H2,(H2,14,15,16,17). The van der Waals surface area contributed by atoms with E-state index >= 15 is 0 Å². The minimum Gasteiger partial charge on any atom is -0.397 e. The van der Waals surface area contributed by atoms with E-state index in [-0.39, 0.29) is 0 Å². The molecule has 1 aromatic carbocycles. The average molecular weight is 244 g/mol. The highest BCUT2D eigenvalue weighted by Crippen LogP contribution is 2.16. The number of nitrogens with zero attached hydrogens (tertiary/aromatic N) is 1. The van der Waals surface area contributed by atoms with Crippen LogP contribution in [-0.4, -0.2) is 10.1 Å². The Morgan fingerprint density at radius 3 is 2.53 bits per heavy atom. The second-order valence-corrected chi connectivity index (χ2v) is 3.79. The summed E-state index contributed by atoms with van der Waals surface area (Å²) >= 11 is 5.16. The summed E-state index contributed by atoms with van der Waals surface area (Å²) in [4.78, 5) is 4.11. The lowest BCUT2D eigenvalue weighted by atomic mass is 10.3. The number of thiocarbonyl (C=S) groups is 1. The van der Waals surface area contributed by atoms with Gasteiger partial charge in [0.1, 0.15) is 5.82 Å². The zero-order valence-corrected chi connectivity index (χ0v) is 9.87. The molecular weight excluding hydrogens is 232 g/mol. The number of nitrogen functional groups attached to an aromatic ring is 1. The van der Waals surface area contributed by atoms with Crippen LogP contribution in [0.1, 0.15) is 0 Å². The van der Waals surface area contributed by atoms with Crippen molar-refractivity contribution in [2.45, 2.75) is 0 Å². The SMILES string of the molecule is Nc1ccccc1NC(=S)Nc1ccccn1. The monoisotopic (exact) mass is 244 g/mol. The molecule has 0 atom stereocenters. The Bertz CT molecular complexity index is 513. The highest BCUT2D eigenvalue weighted by molar-refractivity contribution is 7.80. The second-order valence-electron chi connectivity index (χ2n) is 3.38. The fourth-order valence-corrected chi connectivity index (χ4v) is 1.53. The predicted octanol–water partition coefficient (Wildman–Crippen LogP) is 2.47. The van der Waals surface area contributed by atoms with Gasteiger partial charge in [-0.1, -0.05) is 18.2 Å². The summed E-state index contributed by atoms with van der Waals surface area (Å²) < 4.78 is 0. The molecular formula is C12H12N4S. The van der Waals surface area contributed by atoms with E-state index in [9.17, 15) is 0 Å². The maximum Gasteiger partial charge on any atom is 0.176 e. The van der Waals surface area contributed by atoms with E-state index in [2.05, 4.69) is 15.6 Å². The van der Waals surface area contributed by atoms with Gasteiger partial charge in [-0.2, -0.15) is 0 Å². The number of para-hydroxylation sites is 2. The van der Waals surface area contributed by atoms with E-state index < -0.39 is 0 Å². The van der Waals surface area contributed by atoms with Gasteiger partial charge in [-0.3, -0.25) is 0 Å². The number of hydrogen-bond acceptors (Lipinski definition) is 3. The molecule has 4 nitrogen and oxygen atoms in total. The van der Waals surface area contributed by atoms with E-state index in [1.807, 2.05) is 42.5 Å². The minimum absolute atomic E-state index is 0.460. The normalized spacial score (nSPS) is 9.65. The molecule has 0 fully saturated rings. The van der Waals surface area contributed by atoms with Crippen LogP contribution in [0, 0.1) is 0 Å². The van der Waals surface area contributed by atoms with Gasteiger partial charge in [0.15, 0.2) is 5.11 Å². The van der Waals surface area contributed by atoms with Gasteiger partial charge in [0.25, 0.3) is 0 Å². The molecule has 0 saturated carbocycles. The molecule has 2 aromatic rings. The van der Waals surface area contributed by atoms with E-state index in [4.69, 9.17) is 18.0 Å². The van der Waals surface area contributed by atoms with Crippen molar-refractivity contribution in [3.63, 3.8) is 0 Å². The summed E-state index contributed by atoms with van der Waals surface area (Å²) in [6, 6.07) is 13.0. The Morgan fingerprint density at radius 1 is 1.06 bits per heavy atom. The number of pyridine rings is 1. The fraction of sp³-hybridized carbons (Fsp3) is 0. The highest BCUT2D eigenvalue weighted by atomic mass is 32.1. The van der Waals surface area contributed by atoms with Gasteiger partial charge in [-0.25, -0.2) is 4.98 Å². The van der Waals surface area contributed by atoms with Crippen LogP contribution in [0.4, 0.5) is 17.2 Å². The average Bonchev–Trinajstić information content (AvgIpc) is 2.33. The summed E-state index contributed by atoms with van der Waals surface area (Å²) in [5.41, 5.74) is 7.23. The number of aromatic nitrogens is 1. The van der Waals surface area contributed by atoms with Crippen LogP contribution in [0.5, 0.6) is 0 Å². The van der Waals surface area contributed by atoms with Gasteiger partial charge in [-0.15, -0.1) is 0 Å². The van der Waals surface area contributed by atoms with E-state index in [0.717, 1.165) is 5.69 Å². The molecule has 17 heavy (non-hydrogen) atoms. The van der Waals surface area contributed by atoms with Crippen LogP contribution in [0.2, 0.25) is 0 Å². The zero-order valence-electron chi connectivity index (χ0n) is 9.05. The Balaban J connectivity index is 2.01. The lowest BCUT2D eigenvalue weighted by molar-refractivity contribution is 1.32. The third kappa shape index (κ3) is 3.15. The van der Waals surface area contributed by atoms with Crippen LogP contribution in [0.15, 0.2) is 48.7 Å². The molecule has 0 bridgehead atoms. The maximum absolute atomic E-state index is 5.80. The molecule has 0 spiro atoms. The highest BCUT2D eigenvalue weighted by Gasteiger charge is 2.01. The minimum atomic E-state index is 0.460. The lowest BCUT2D eigenvalue weighted by Crippen LogP contribution is -2.20. The molecule has 5 heteroatoms. The number of benzene rings is 1. The Hall–Kier alpha value is -2.14. The number of hydrogen-bond donors (Lipinski definition) is 3. The smallest absolute Gasteiger partial charge is 0.176 e. The molecule has 1 heterocycles. The molecule has 2 rings (SSSR count). The third-order valence-electron chi connectivity index (χ3n) is 2.12. The van der Waals surface area contributed by atoms with Gasteiger partial charge in [0.05, 0.1) is 11.4 Å². The summed E-state index contributed by atoms with van der Waals surface area (Å²) in [6.45, 7) is 0. The van der Waals surface area contributed by atoms with Crippen molar-refractivity contribution in [1.29, 1.82) is 0 Å². The number of nitrogens with one attached hydrogen (secondary N) is 2. The van der Waals surface area contributed by atoms with Gasteiger partial charge >= 0.3 is 0 Å². The largest absolute Gasteiger partial charge is 0.397 e. The third-order valence-corrected chi connectivity index (χ3v) is 2.32. The quantitative estimate of drug-likeness (QED) is 0.559. The Labute approximate surface area is 105 Å². The molecule has 0 saturated heterocycles. The van der Waals surface area contributed by atoms with Gasteiger partial charge in [0.2, 0.25) is 0 Å². The molecule has 86 valence electrons. The van der Waals surface area contributed by atoms with E-state index in [1.165, 1.54) is 0 Å². The molecule has 0 amide bonds. The van der Waals surface area contributed by atoms with Crippen molar-refractivity contribution in [3.05, 3.63) is 48.7 Å². The summed E-state index contributed by atoms with van der Waals surface area (Å²) in [5.74, 6) is 0.694. The van der Waals surface area contributed by atoms with Crippen molar-refractivity contribution in [1.82, 2.24) is 4.98 Å². The molecule has 1 aromatic heterocycles. The zero-order chi connectivity index (χ0) is 12.1. The lowest BCUT2D eigenvalue weighted by Gasteiger charge is -2.11. The van der Waals surface area contributed by atoms with Crippen LogP contribution < -0.4 is 16.4 Å². The van der Waals surface area contributed by atoms with Crippen LogP contribution >= 0.6 is 12.2 Å². The second kappa shape index (κ2) is 5.27. The van der Waals surface area contributed by atoms with Gasteiger partial charge in [0, 0.05) is 6.20 Å². The first-order valence-electron chi connectivity index (χ1n) is 5.09. The van der Waals surface area contributed by atoms with E-state index in [1.54, 1.807) is 6.20 Å². The molecule has 0 radical (unpaired) electrons. The number of rotatable bonds is 2.